The Morgan fingerprint density at radius 1 is 1.06 bits per heavy atom. The number of hydrogen-bond acceptors (Lipinski definition) is 5. The van der Waals surface area contributed by atoms with Crippen LogP contribution < -0.4 is 0 Å². The van der Waals surface area contributed by atoms with Gasteiger partial charge in [-0.15, -0.1) is 0 Å². The van der Waals surface area contributed by atoms with E-state index in [1.807, 2.05) is 0 Å². The molecule has 8 nitrogen and oxygen atoms in total. The highest BCUT2D eigenvalue weighted by atomic mass is 79.9. The summed E-state index contributed by atoms with van der Waals surface area (Å²) in [4.78, 5) is 51.7. The van der Waals surface area contributed by atoms with Gasteiger partial charge in [0, 0.05) is 37.4 Å². The molecule has 0 N–H and O–H groups in total. The molecule has 12 heteroatoms. The summed E-state index contributed by atoms with van der Waals surface area (Å²) in [5.74, 6) is -2.76. The van der Waals surface area contributed by atoms with Crippen LogP contribution in [0.3, 0.4) is 0 Å². The molecule has 3 aliphatic rings. The summed E-state index contributed by atoms with van der Waals surface area (Å²) >= 11 is 19.7. The molecule has 0 aromatic heterocycles. The fourth-order valence-electron chi connectivity index (χ4n) is 5.52. The van der Waals surface area contributed by atoms with Crippen LogP contribution in [-0.2, 0) is 16.1 Å². The lowest BCUT2D eigenvalue weighted by Crippen LogP contribution is -2.50. The highest BCUT2D eigenvalue weighted by Gasteiger charge is 2.67. The Morgan fingerprint density at radius 3 is 2.26 bits per heavy atom. The first kappa shape index (κ1) is 24.7. The van der Waals surface area contributed by atoms with E-state index in [0.717, 1.165) is 22.5 Å². The fraction of sp³-hybridized carbons (Fsp3) is 0.348. The standard InChI is InChI=1S/C23H17Br2Cl2N3O5/c24-19-14-8-15(20(19)25)18-17(14)22(32)29(23(18)33)28(9-11-4-5-12(26)7-16(11)27)21(31)10-2-1-3-13(6-10)30(34)35/h1-7,14-15,17-20H,8-9H2/t14-,15-,17-,18+,19+,20+/m1/s1. The Balaban J connectivity index is 1.56. The fourth-order valence-corrected chi connectivity index (χ4v) is 7.86. The molecule has 2 aromatic carbocycles. The van der Waals surface area contributed by atoms with Gasteiger partial charge in [0.05, 0.1) is 23.3 Å². The number of amides is 3. The van der Waals surface area contributed by atoms with Gasteiger partial charge in [0.2, 0.25) is 0 Å². The lowest BCUT2D eigenvalue weighted by atomic mass is 9.81. The summed E-state index contributed by atoms with van der Waals surface area (Å²) in [7, 11) is 0. The summed E-state index contributed by atoms with van der Waals surface area (Å²) in [6, 6.07) is 9.87. The molecule has 2 saturated carbocycles. The first-order chi connectivity index (χ1) is 16.6. The molecule has 3 fully saturated rings. The van der Waals surface area contributed by atoms with Crippen LogP contribution in [-0.4, -0.2) is 42.3 Å². The van der Waals surface area contributed by atoms with Gasteiger partial charge < -0.3 is 0 Å². The molecule has 2 aromatic rings. The third-order valence-corrected chi connectivity index (χ3v) is 10.9. The van der Waals surface area contributed by atoms with Gasteiger partial charge >= 0.3 is 0 Å². The number of rotatable bonds is 5. The van der Waals surface area contributed by atoms with Crippen LogP contribution in [0.25, 0.3) is 0 Å². The van der Waals surface area contributed by atoms with Gasteiger partial charge in [-0.3, -0.25) is 24.5 Å². The minimum absolute atomic E-state index is 0.0262. The van der Waals surface area contributed by atoms with Gasteiger partial charge in [-0.2, -0.15) is 5.01 Å². The molecule has 35 heavy (non-hydrogen) atoms. The first-order valence-corrected chi connectivity index (χ1v) is 13.3. The molecule has 0 radical (unpaired) electrons. The average molecular weight is 646 g/mol. The maximum atomic E-state index is 13.7. The summed E-state index contributed by atoms with van der Waals surface area (Å²) < 4.78 is 0. The molecule has 2 aliphatic carbocycles. The van der Waals surface area contributed by atoms with Crippen LogP contribution in [0.4, 0.5) is 5.69 Å². The second-order valence-corrected chi connectivity index (χ2v) is 11.9. The van der Waals surface area contributed by atoms with Crippen LogP contribution in [0, 0.1) is 33.8 Å². The molecule has 1 heterocycles. The van der Waals surface area contributed by atoms with Gasteiger partial charge in [-0.05, 0) is 42.0 Å². The minimum Gasteiger partial charge on any atom is -0.272 e. The van der Waals surface area contributed by atoms with Gasteiger partial charge in [0.25, 0.3) is 23.4 Å². The van der Waals surface area contributed by atoms with Crippen molar-refractivity contribution in [2.24, 2.45) is 23.7 Å². The number of fused-ring (bicyclic) bond motifs is 5. The Hall–Kier alpha value is -2.01. The molecule has 182 valence electrons. The topological polar surface area (TPSA) is 101 Å². The summed E-state index contributed by atoms with van der Waals surface area (Å²) in [5.41, 5.74) is 0.160. The lowest BCUT2D eigenvalue weighted by Gasteiger charge is -2.31. The number of alkyl halides is 2. The zero-order valence-corrected chi connectivity index (χ0v) is 22.5. The molecule has 3 amide bonds. The normalized spacial score (nSPS) is 29.0. The molecular weight excluding hydrogens is 629 g/mol. The van der Waals surface area contributed by atoms with Crippen LogP contribution in [0.1, 0.15) is 22.3 Å². The quantitative estimate of drug-likeness (QED) is 0.192. The predicted octanol–water partition coefficient (Wildman–Crippen LogP) is 5.24. The maximum absolute atomic E-state index is 13.7. The Morgan fingerprint density at radius 2 is 1.69 bits per heavy atom. The summed E-state index contributed by atoms with van der Waals surface area (Å²) in [6.45, 7) is -0.195. The maximum Gasteiger partial charge on any atom is 0.273 e. The average Bonchev–Trinajstić information content (AvgIpc) is 3.43. The highest BCUT2D eigenvalue weighted by molar-refractivity contribution is 9.12. The van der Waals surface area contributed by atoms with E-state index < -0.39 is 34.5 Å². The van der Waals surface area contributed by atoms with Crippen LogP contribution in [0.5, 0.6) is 0 Å². The first-order valence-electron chi connectivity index (χ1n) is 10.8. The van der Waals surface area contributed by atoms with Crippen molar-refractivity contribution in [2.45, 2.75) is 22.6 Å². The molecule has 1 aliphatic heterocycles. The number of carbonyl (C=O) groups excluding carboxylic acids is 3. The zero-order chi connectivity index (χ0) is 25.2. The van der Waals surface area contributed by atoms with Gasteiger partial charge in [0.15, 0.2) is 0 Å². The molecule has 0 spiro atoms. The van der Waals surface area contributed by atoms with Crippen molar-refractivity contribution in [1.82, 2.24) is 10.0 Å². The van der Waals surface area contributed by atoms with Gasteiger partial charge in [-0.25, -0.2) is 5.01 Å². The van der Waals surface area contributed by atoms with E-state index in [2.05, 4.69) is 31.9 Å². The third-order valence-electron chi connectivity index (χ3n) is 7.08. The molecule has 2 bridgehead atoms. The van der Waals surface area contributed by atoms with E-state index in [9.17, 15) is 24.5 Å². The number of benzene rings is 2. The summed E-state index contributed by atoms with van der Waals surface area (Å²) in [6.07, 6.45) is 0.744. The van der Waals surface area contributed by atoms with E-state index >= 15 is 0 Å². The Kier molecular flexibility index (Phi) is 6.44. The molecule has 1 saturated heterocycles. The number of hydrogen-bond donors (Lipinski definition) is 0. The Labute approximate surface area is 226 Å². The number of nitrogens with zero attached hydrogens (tertiary/aromatic N) is 3. The van der Waals surface area contributed by atoms with E-state index in [0.29, 0.717) is 10.6 Å². The second-order valence-electron chi connectivity index (χ2n) is 8.90. The number of nitro benzene ring substituents is 1. The van der Waals surface area contributed by atoms with E-state index in [-0.39, 0.29) is 44.3 Å². The summed E-state index contributed by atoms with van der Waals surface area (Å²) in [5, 5.41) is 13.9. The molecule has 6 atom stereocenters. The smallest absolute Gasteiger partial charge is 0.272 e. The van der Waals surface area contributed by atoms with Crippen molar-refractivity contribution >= 4 is 78.5 Å². The number of non-ortho nitro benzene ring substituents is 1. The Bertz CT molecular complexity index is 1250. The zero-order valence-electron chi connectivity index (χ0n) is 17.8. The van der Waals surface area contributed by atoms with E-state index in [4.69, 9.17) is 23.2 Å². The van der Waals surface area contributed by atoms with Crippen molar-refractivity contribution in [3.63, 3.8) is 0 Å². The molecule has 5 rings (SSSR count). The van der Waals surface area contributed by atoms with Gasteiger partial charge in [0.1, 0.15) is 0 Å². The van der Waals surface area contributed by atoms with Crippen molar-refractivity contribution in [3.8, 4) is 0 Å². The number of nitro groups is 1. The number of hydrazine groups is 1. The molecular formula is C23H17Br2Cl2N3O5. The number of halogens is 4. The SMILES string of the molecule is O=C(c1cccc([N+](=O)[O-])c1)N(Cc1ccc(Cl)cc1Cl)N1C(=O)[C@@H]2[C@H]3C[C@@H]([C@H](Br)[C@H]3Br)[C@@H]2C1=O. The van der Waals surface area contributed by atoms with E-state index in [1.54, 1.807) is 12.1 Å². The number of imide groups is 1. The van der Waals surface area contributed by atoms with Crippen molar-refractivity contribution in [1.29, 1.82) is 0 Å². The molecule has 0 unspecified atom stereocenters. The second kappa shape index (κ2) is 9.14. The van der Waals surface area contributed by atoms with Gasteiger partial charge in [-0.1, -0.05) is 67.2 Å². The van der Waals surface area contributed by atoms with Crippen LogP contribution >= 0.6 is 55.1 Å². The third kappa shape index (κ3) is 3.98. The highest BCUT2D eigenvalue weighted by Crippen LogP contribution is 2.60. The minimum atomic E-state index is -0.723. The van der Waals surface area contributed by atoms with Crippen molar-refractivity contribution in [3.05, 3.63) is 73.8 Å². The van der Waals surface area contributed by atoms with Crippen molar-refractivity contribution in [2.75, 3.05) is 0 Å². The lowest BCUT2D eigenvalue weighted by molar-refractivity contribution is -0.384. The monoisotopic (exact) mass is 643 g/mol. The largest absolute Gasteiger partial charge is 0.273 e. The van der Waals surface area contributed by atoms with Crippen LogP contribution in [0.15, 0.2) is 42.5 Å². The predicted molar refractivity (Wildman–Crippen MR) is 135 cm³/mol. The van der Waals surface area contributed by atoms with Crippen molar-refractivity contribution < 1.29 is 19.3 Å². The van der Waals surface area contributed by atoms with E-state index in [1.165, 1.54) is 24.3 Å². The number of carbonyl (C=O) groups is 3. The van der Waals surface area contributed by atoms with Crippen LogP contribution in [0.2, 0.25) is 10.0 Å².